The van der Waals surface area contributed by atoms with E-state index in [1.807, 2.05) is 104 Å². The smallest absolute Gasteiger partial charge is 0.338 e. The second-order valence-electron chi connectivity index (χ2n) is 12.6. The summed E-state index contributed by atoms with van der Waals surface area (Å²) in [6, 6.07) is 28.3. The number of ether oxygens (including phenoxy) is 3. The fourth-order valence-electron chi connectivity index (χ4n) is 6.24. The van der Waals surface area contributed by atoms with Gasteiger partial charge in [0.2, 0.25) is 0 Å². The quantitative estimate of drug-likeness (QED) is 0.0898. The molecule has 0 saturated carbocycles. The molecular weight excluding hydrogens is 692 g/mol. The highest BCUT2D eigenvalue weighted by atomic mass is 35.5. The number of fused-ring (bicyclic) bond motifs is 1. The van der Waals surface area contributed by atoms with E-state index in [1.165, 1.54) is 11.3 Å². The van der Waals surface area contributed by atoms with Crippen molar-refractivity contribution in [2.75, 3.05) is 13.2 Å². The lowest BCUT2D eigenvalue weighted by molar-refractivity contribution is -0.138. The molecule has 0 fully saturated rings. The lowest BCUT2D eigenvalue weighted by Crippen LogP contribution is -2.40. The summed E-state index contributed by atoms with van der Waals surface area (Å²) in [4.78, 5) is 33.9. The standard InChI is InChI=1S/C43H41ClN2O5S/c1-6-14-32-23-28(24-35(49-7-2)40(32)51-26-33-17-12-13-18-34(33)44)25-36-41(47)46-39(31-21-19-29(20-22-31)27(4)5)37(42(48)50-8-3)38(45-43(46)52-36)30-15-10-9-11-16-30/h6,9-13,15-25,27,39H,1,7-8,14,26H2,2-5H3/b36-25+/t39-/m0/s1. The average molecular weight is 733 g/mol. The minimum Gasteiger partial charge on any atom is -0.490 e. The summed E-state index contributed by atoms with van der Waals surface area (Å²) < 4.78 is 20.1. The number of hydrogen-bond acceptors (Lipinski definition) is 7. The van der Waals surface area contributed by atoms with Gasteiger partial charge in [0.1, 0.15) is 6.61 Å². The van der Waals surface area contributed by atoms with E-state index < -0.39 is 12.0 Å². The van der Waals surface area contributed by atoms with Gasteiger partial charge in [-0.05, 0) is 67.2 Å². The maximum Gasteiger partial charge on any atom is 0.338 e. The third kappa shape index (κ3) is 7.69. The fourth-order valence-corrected chi connectivity index (χ4v) is 7.43. The van der Waals surface area contributed by atoms with Crippen LogP contribution in [0.2, 0.25) is 5.02 Å². The van der Waals surface area contributed by atoms with Crippen LogP contribution in [0.5, 0.6) is 11.5 Å². The third-order valence-electron chi connectivity index (χ3n) is 8.74. The van der Waals surface area contributed by atoms with Crippen LogP contribution in [0.25, 0.3) is 11.8 Å². The topological polar surface area (TPSA) is 79.1 Å². The Balaban J connectivity index is 1.53. The highest BCUT2D eigenvalue weighted by Gasteiger charge is 2.35. The summed E-state index contributed by atoms with van der Waals surface area (Å²) in [5, 5.41) is 0.619. The van der Waals surface area contributed by atoms with Crippen LogP contribution in [0.4, 0.5) is 0 Å². The molecular formula is C43H41ClN2O5S. The van der Waals surface area contributed by atoms with Crippen molar-refractivity contribution in [3.05, 3.63) is 167 Å². The Hall–Kier alpha value is -5.18. The molecule has 1 aliphatic rings. The van der Waals surface area contributed by atoms with Gasteiger partial charge in [0.15, 0.2) is 16.3 Å². The summed E-state index contributed by atoms with van der Waals surface area (Å²) in [7, 11) is 0. The third-order valence-corrected chi connectivity index (χ3v) is 10.1. The van der Waals surface area contributed by atoms with E-state index in [9.17, 15) is 9.59 Å². The molecule has 0 saturated heterocycles. The molecule has 0 N–H and O–H groups in total. The predicted molar refractivity (Wildman–Crippen MR) is 209 cm³/mol. The van der Waals surface area contributed by atoms with E-state index in [-0.39, 0.29) is 18.8 Å². The molecule has 0 bridgehead atoms. The molecule has 6 rings (SSSR count). The SMILES string of the molecule is C=CCc1cc(/C=c2/sc3n(c2=O)[C@@H](c2ccc(C(C)C)cc2)C(C(=O)OCC)=C(c2ccccc2)N=3)cc(OCC)c1OCc1ccccc1Cl. The van der Waals surface area contributed by atoms with E-state index in [2.05, 4.69) is 20.4 Å². The number of rotatable bonds is 13. The Morgan fingerprint density at radius 3 is 2.37 bits per heavy atom. The lowest BCUT2D eigenvalue weighted by Gasteiger charge is -2.26. The monoisotopic (exact) mass is 732 g/mol. The van der Waals surface area contributed by atoms with Crippen molar-refractivity contribution in [1.82, 2.24) is 4.57 Å². The van der Waals surface area contributed by atoms with Crippen LogP contribution in [0.15, 0.2) is 119 Å². The van der Waals surface area contributed by atoms with Gasteiger partial charge < -0.3 is 14.2 Å². The number of thiazole rings is 1. The van der Waals surface area contributed by atoms with Gasteiger partial charge in [0, 0.05) is 21.7 Å². The molecule has 5 aromatic rings. The second kappa shape index (κ2) is 16.4. The molecule has 52 heavy (non-hydrogen) atoms. The molecule has 7 nitrogen and oxygen atoms in total. The number of carbonyl (C=O) groups is 1. The molecule has 1 aromatic heterocycles. The molecule has 0 radical (unpaired) electrons. The number of nitrogens with zero attached hydrogens (tertiary/aromatic N) is 2. The minimum atomic E-state index is -0.759. The van der Waals surface area contributed by atoms with Gasteiger partial charge in [-0.2, -0.15) is 0 Å². The molecule has 266 valence electrons. The Morgan fingerprint density at radius 1 is 0.962 bits per heavy atom. The van der Waals surface area contributed by atoms with E-state index in [0.29, 0.717) is 56.1 Å². The molecule has 0 unspecified atom stereocenters. The van der Waals surface area contributed by atoms with Crippen LogP contribution in [0, 0.1) is 0 Å². The maximum absolute atomic E-state index is 14.5. The summed E-state index contributed by atoms with van der Waals surface area (Å²) in [5.74, 6) is 0.945. The first kappa shape index (κ1) is 36.6. The molecule has 0 amide bonds. The first-order valence-electron chi connectivity index (χ1n) is 17.4. The van der Waals surface area contributed by atoms with Crippen molar-refractivity contribution in [3.8, 4) is 11.5 Å². The van der Waals surface area contributed by atoms with Crippen LogP contribution in [-0.4, -0.2) is 23.8 Å². The molecule has 9 heteroatoms. The summed E-state index contributed by atoms with van der Waals surface area (Å²) in [5.41, 5.74) is 5.69. The zero-order valence-corrected chi connectivity index (χ0v) is 31.3. The number of hydrogen-bond donors (Lipinski definition) is 0. The van der Waals surface area contributed by atoms with Gasteiger partial charge in [-0.25, -0.2) is 9.79 Å². The van der Waals surface area contributed by atoms with E-state index in [4.69, 9.17) is 30.8 Å². The molecule has 1 atom stereocenters. The summed E-state index contributed by atoms with van der Waals surface area (Å²) >= 11 is 7.70. The molecule has 4 aromatic carbocycles. The van der Waals surface area contributed by atoms with E-state index in [0.717, 1.165) is 33.4 Å². The fraction of sp³-hybridized carbons (Fsp3) is 0.233. The second-order valence-corrected chi connectivity index (χ2v) is 14.0. The van der Waals surface area contributed by atoms with Gasteiger partial charge in [-0.15, -0.1) is 6.58 Å². The van der Waals surface area contributed by atoms with Crippen molar-refractivity contribution >= 4 is 40.7 Å². The zero-order valence-electron chi connectivity index (χ0n) is 29.7. The first-order valence-corrected chi connectivity index (χ1v) is 18.6. The highest BCUT2D eigenvalue weighted by Crippen LogP contribution is 2.37. The Morgan fingerprint density at radius 2 is 1.69 bits per heavy atom. The molecule has 1 aliphatic heterocycles. The molecule has 0 spiro atoms. The largest absolute Gasteiger partial charge is 0.490 e. The Bertz CT molecular complexity index is 2310. The minimum absolute atomic E-state index is 0.182. The predicted octanol–water partition coefficient (Wildman–Crippen LogP) is 8.42. The van der Waals surface area contributed by atoms with Gasteiger partial charge in [0.05, 0.1) is 35.1 Å². The lowest BCUT2D eigenvalue weighted by atomic mass is 9.91. The zero-order chi connectivity index (χ0) is 36.8. The van der Waals surface area contributed by atoms with E-state index >= 15 is 0 Å². The van der Waals surface area contributed by atoms with Crippen LogP contribution in [0.1, 0.15) is 73.0 Å². The number of aromatic nitrogens is 1. The number of allylic oxidation sites excluding steroid dienone is 1. The average Bonchev–Trinajstić information content (AvgIpc) is 3.45. The van der Waals surface area contributed by atoms with Crippen molar-refractivity contribution in [2.24, 2.45) is 4.99 Å². The maximum atomic E-state index is 14.5. The molecule has 2 heterocycles. The summed E-state index contributed by atoms with van der Waals surface area (Å²) in [6.07, 6.45) is 4.15. The molecule has 0 aliphatic carbocycles. The van der Waals surface area contributed by atoms with Crippen molar-refractivity contribution < 1.29 is 19.0 Å². The van der Waals surface area contributed by atoms with Crippen LogP contribution in [0.3, 0.4) is 0 Å². The number of benzene rings is 4. The van der Waals surface area contributed by atoms with Gasteiger partial charge in [-0.1, -0.05) is 116 Å². The number of carbonyl (C=O) groups excluding carboxylic acids is 1. The van der Waals surface area contributed by atoms with Crippen LogP contribution in [-0.2, 0) is 22.6 Å². The van der Waals surface area contributed by atoms with Crippen molar-refractivity contribution in [3.63, 3.8) is 0 Å². The van der Waals surface area contributed by atoms with Crippen molar-refractivity contribution in [1.29, 1.82) is 0 Å². The van der Waals surface area contributed by atoms with E-state index in [1.54, 1.807) is 17.6 Å². The highest BCUT2D eigenvalue weighted by molar-refractivity contribution is 7.07. The first-order chi connectivity index (χ1) is 25.2. The normalized spacial score (nSPS) is 14.2. The number of esters is 1. The van der Waals surface area contributed by atoms with Gasteiger partial charge >= 0.3 is 5.97 Å². The Kier molecular flexibility index (Phi) is 11.6. The summed E-state index contributed by atoms with van der Waals surface area (Å²) in [6.45, 7) is 12.8. The Labute approximate surface area is 312 Å². The van der Waals surface area contributed by atoms with Crippen molar-refractivity contribution in [2.45, 2.75) is 52.7 Å². The van der Waals surface area contributed by atoms with Crippen LogP contribution >= 0.6 is 22.9 Å². The van der Waals surface area contributed by atoms with Gasteiger partial charge in [0.25, 0.3) is 5.56 Å². The van der Waals surface area contributed by atoms with Gasteiger partial charge in [-0.3, -0.25) is 9.36 Å². The van der Waals surface area contributed by atoms with Crippen LogP contribution < -0.4 is 24.4 Å². The number of halogens is 1.